The zero-order chi connectivity index (χ0) is 20.3. The molecule has 0 radical (unpaired) electrons. The Hall–Kier alpha value is -3.59. The Morgan fingerprint density at radius 2 is 1.93 bits per heavy atom. The Morgan fingerprint density at radius 1 is 1.21 bits per heavy atom. The quantitative estimate of drug-likeness (QED) is 0.489. The monoisotopic (exact) mass is 401 g/mol. The van der Waals surface area contributed by atoms with Crippen LogP contribution in [0.5, 0.6) is 5.75 Å². The number of hydrogen-bond acceptors (Lipinski definition) is 5. The molecule has 2 amide bonds. The minimum Gasteiger partial charge on any atom is -0.496 e. The highest BCUT2D eigenvalue weighted by Crippen LogP contribution is 2.36. The van der Waals surface area contributed by atoms with Crippen molar-refractivity contribution in [3.63, 3.8) is 0 Å². The molecule has 0 aliphatic carbocycles. The van der Waals surface area contributed by atoms with Gasteiger partial charge in [-0.2, -0.15) is 5.10 Å². The van der Waals surface area contributed by atoms with Crippen LogP contribution in [0.2, 0.25) is 5.02 Å². The highest BCUT2D eigenvalue weighted by Gasteiger charge is 2.16. The van der Waals surface area contributed by atoms with Gasteiger partial charge in [-0.1, -0.05) is 17.7 Å². The molecule has 2 aromatic carbocycles. The molecule has 0 spiro atoms. The Bertz CT molecular complexity index is 1030. The van der Waals surface area contributed by atoms with Crippen LogP contribution >= 0.6 is 11.6 Å². The molecule has 3 aromatic rings. The van der Waals surface area contributed by atoms with Crippen LogP contribution in [0.15, 0.2) is 48.7 Å². The van der Waals surface area contributed by atoms with E-state index in [0.717, 1.165) is 0 Å². The van der Waals surface area contributed by atoms with Crippen molar-refractivity contribution in [1.29, 1.82) is 0 Å². The van der Waals surface area contributed by atoms with Gasteiger partial charge in [0.2, 0.25) is 0 Å². The summed E-state index contributed by atoms with van der Waals surface area (Å²) in [6.07, 6.45) is 1.52. The van der Waals surface area contributed by atoms with Gasteiger partial charge in [0.05, 0.1) is 28.9 Å². The van der Waals surface area contributed by atoms with E-state index in [2.05, 4.69) is 15.7 Å². The first kappa shape index (κ1) is 19.2. The average Bonchev–Trinajstić information content (AvgIpc) is 3.00. The third-order valence-electron chi connectivity index (χ3n) is 3.92. The molecule has 3 rings (SSSR count). The molecule has 0 unspecified atom stereocenters. The number of halogens is 1. The first-order valence-corrected chi connectivity index (χ1v) is 8.45. The summed E-state index contributed by atoms with van der Waals surface area (Å²) in [6.45, 7) is 0. The number of carbonyl (C=O) groups is 1. The van der Waals surface area contributed by atoms with Crippen molar-refractivity contribution in [3.8, 4) is 17.0 Å². The fourth-order valence-corrected chi connectivity index (χ4v) is 2.94. The predicted octanol–water partition coefficient (Wildman–Crippen LogP) is 4.30. The summed E-state index contributed by atoms with van der Waals surface area (Å²) in [5.41, 5.74) is 1.96. The number of aryl methyl sites for hydroxylation is 1. The van der Waals surface area contributed by atoms with Gasteiger partial charge in [-0.05, 0) is 24.3 Å². The zero-order valence-corrected chi connectivity index (χ0v) is 15.7. The van der Waals surface area contributed by atoms with E-state index in [4.69, 9.17) is 16.3 Å². The molecule has 144 valence electrons. The van der Waals surface area contributed by atoms with Crippen molar-refractivity contribution in [2.75, 3.05) is 17.7 Å². The molecule has 9 nitrogen and oxygen atoms in total. The molecule has 0 bridgehead atoms. The number of urea groups is 1. The van der Waals surface area contributed by atoms with Crippen LogP contribution < -0.4 is 15.4 Å². The van der Waals surface area contributed by atoms with Crippen LogP contribution in [0.4, 0.5) is 21.9 Å². The number of methoxy groups -OCH3 is 1. The molecular formula is C18H16ClN5O4. The van der Waals surface area contributed by atoms with Crippen molar-refractivity contribution in [1.82, 2.24) is 9.78 Å². The van der Waals surface area contributed by atoms with E-state index in [-0.39, 0.29) is 5.69 Å². The van der Waals surface area contributed by atoms with E-state index in [9.17, 15) is 14.9 Å². The SMILES string of the molecule is COc1ccc(NC(=O)Nc2cccc([N+](=O)[O-])c2)cc1-c1c(Cl)cnn1C. The van der Waals surface area contributed by atoms with Crippen LogP contribution in [-0.4, -0.2) is 27.8 Å². The topological polar surface area (TPSA) is 111 Å². The molecule has 1 aromatic heterocycles. The van der Waals surface area contributed by atoms with Crippen LogP contribution in [-0.2, 0) is 7.05 Å². The maximum atomic E-state index is 12.3. The zero-order valence-electron chi connectivity index (χ0n) is 15.0. The maximum Gasteiger partial charge on any atom is 0.323 e. The number of nitrogens with one attached hydrogen (secondary N) is 2. The molecule has 0 atom stereocenters. The summed E-state index contributed by atoms with van der Waals surface area (Å²) in [7, 11) is 3.28. The normalized spacial score (nSPS) is 10.4. The average molecular weight is 402 g/mol. The number of aromatic nitrogens is 2. The number of nitrogens with zero attached hydrogens (tertiary/aromatic N) is 3. The second kappa shape index (κ2) is 7.97. The highest BCUT2D eigenvalue weighted by molar-refractivity contribution is 6.33. The molecule has 2 N–H and O–H groups in total. The van der Waals surface area contributed by atoms with Crippen molar-refractivity contribution in [2.45, 2.75) is 0 Å². The van der Waals surface area contributed by atoms with Crippen LogP contribution in [0, 0.1) is 10.1 Å². The minimum absolute atomic E-state index is 0.115. The molecule has 1 heterocycles. The second-order valence-electron chi connectivity index (χ2n) is 5.77. The third kappa shape index (κ3) is 4.04. The van der Waals surface area contributed by atoms with Crippen molar-refractivity contribution in [3.05, 3.63) is 63.8 Å². The Labute approximate surface area is 165 Å². The van der Waals surface area contributed by atoms with Gasteiger partial charge in [-0.25, -0.2) is 4.79 Å². The molecule has 28 heavy (non-hydrogen) atoms. The first-order chi connectivity index (χ1) is 13.4. The van der Waals surface area contributed by atoms with Gasteiger partial charge in [-0.15, -0.1) is 0 Å². The summed E-state index contributed by atoms with van der Waals surface area (Å²) < 4.78 is 6.98. The number of benzene rings is 2. The number of non-ortho nitro benzene ring substituents is 1. The molecule has 0 aliphatic heterocycles. The molecule has 0 saturated heterocycles. The Balaban J connectivity index is 1.83. The Morgan fingerprint density at radius 3 is 2.54 bits per heavy atom. The maximum absolute atomic E-state index is 12.3. The first-order valence-electron chi connectivity index (χ1n) is 8.07. The van der Waals surface area contributed by atoms with Gasteiger partial charge in [0.25, 0.3) is 5.69 Å². The largest absolute Gasteiger partial charge is 0.496 e. The summed E-state index contributed by atoms with van der Waals surface area (Å²) >= 11 is 6.22. The molecule has 0 fully saturated rings. The summed E-state index contributed by atoms with van der Waals surface area (Å²) in [5, 5.41) is 20.6. The van der Waals surface area contributed by atoms with E-state index in [1.54, 1.807) is 36.0 Å². The number of hydrogen-bond donors (Lipinski definition) is 2. The van der Waals surface area contributed by atoms with E-state index in [1.807, 2.05) is 0 Å². The lowest BCUT2D eigenvalue weighted by molar-refractivity contribution is -0.384. The van der Waals surface area contributed by atoms with Crippen molar-refractivity contribution >= 4 is 34.7 Å². The van der Waals surface area contributed by atoms with Gasteiger partial charge < -0.3 is 15.4 Å². The van der Waals surface area contributed by atoms with Crippen LogP contribution in [0.25, 0.3) is 11.3 Å². The summed E-state index contributed by atoms with van der Waals surface area (Å²) in [6, 6.07) is 10.2. The number of nitro benzene ring substituents is 1. The summed E-state index contributed by atoms with van der Waals surface area (Å²) in [5.74, 6) is 0.565. The van der Waals surface area contributed by atoms with Gasteiger partial charge in [0, 0.05) is 36.1 Å². The summed E-state index contributed by atoms with van der Waals surface area (Å²) in [4.78, 5) is 22.6. The van der Waals surface area contributed by atoms with E-state index in [0.29, 0.717) is 33.4 Å². The van der Waals surface area contributed by atoms with Crippen molar-refractivity contribution in [2.24, 2.45) is 7.05 Å². The molecular weight excluding hydrogens is 386 g/mol. The standard InChI is InChI=1S/C18H16ClN5O4/c1-23-17(15(19)10-20-23)14-9-12(6-7-16(14)28-2)22-18(25)21-11-4-3-5-13(8-11)24(26)27/h3-10H,1-2H3,(H2,21,22,25). The third-order valence-corrected chi connectivity index (χ3v) is 4.20. The lowest BCUT2D eigenvalue weighted by Crippen LogP contribution is -2.19. The minimum atomic E-state index is -0.548. The number of anilines is 2. The van der Waals surface area contributed by atoms with Gasteiger partial charge >= 0.3 is 6.03 Å². The lowest BCUT2D eigenvalue weighted by atomic mass is 10.1. The number of carbonyl (C=O) groups excluding carboxylic acids is 1. The lowest BCUT2D eigenvalue weighted by Gasteiger charge is -2.13. The fraction of sp³-hybridized carbons (Fsp3) is 0.111. The van der Waals surface area contributed by atoms with Gasteiger partial charge in [0.15, 0.2) is 0 Å². The van der Waals surface area contributed by atoms with E-state index in [1.165, 1.54) is 31.5 Å². The van der Waals surface area contributed by atoms with E-state index >= 15 is 0 Å². The van der Waals surface area contributed by atoms with Gasteiger partial charge in [-0.3, -0.25) is 14.8 Å². The fourth-order valence-electron chi connectivity index (χ4n) is 2.68. The molecule has 0 aliphatic rings. The highest BCUT2D eigenvalue weighted by atomic mass is 35.5. The van der Waals surface area contributed by atoms with Crippen LogP contribution in [0.1, 0.15) is 0 Å². The number of rotatable bonds is 5. The second-order valence-corrected chi connectivity index (χ2v) is 6.17. The predicted molar refractivity (Wildman–Crippen MR) is 106 cm³/mol. The smallest absolute Gasteiger partial charge is 0.323 e. The molecule has 0 saturated carbocycles. The van der Waals surface area contributed by atoms with E-state index < -0.39 is 11.0 Å². The number of nitro groups is 1. The number of ether oxygens (including phenoxy) is 1. The van der Waals surface area contributed by atoms with Gasteiger partial charge in [0.1, 0.15) is 5.75 Å². The Kier molecular flexibility index (Phi) is 5.46. The number of amides is 2. The van der Waals surface area contributed by atoms with Crippen molar-refractivity contribution < 1.29 is 14.5 Å². The van der Waals surface area contributed by atoms with Crippen LogP contribution in [0.3, 0.4) is 0 Å². The molecule has 10 heteroatoms.